The van der Waals surface area contributed by atoms with Gasteiger partial charge in [-0.05, 0) is 57.7 Å². The topological polar surface area (TPSA) is 144 Å². The third-order valence-corrected chi connectivity index (χ3v) is 8.72. The number of benzene rings is 1. The van der Waals surface area contributed by atoms with Gasteiger partial charge >= 0.3 is 5.97 Å². The number of anilines is 4. The molecule has 0 aliphatic carbocycles. The van der Waals surface area contributed by atoms with Crippen molar-refractivity contribution in [2.45, 2.75) is 52.7 Å². The van der Waals surface area contributed by atoms with Crippen molar-refractivity contribution >= 4 is 45.9 Å². The van der Waals surface area contributed by atoms with Crippen molar-refractivity contribution in [2.24, 2.45) is 0 Å². The molecule has 4 heterocycles. The van der Waals surface area contributed by atoms with Crippen LogP contribution in [0.1, 0.15) is 63.5 Å². The molecule has 2 aromatic heterocycles. The van der Waals surface area contributed by atoms with Crippen LogP contribution in [0.2, 0.25) is 0 Å². The lowest BCUT2D eigenvalue weighted by Crippen LogP contribution is -2.33. The minimum atomic E-state index is -0.405. The van der Waals surface area contributed by atoms with Crippen LogP contribution in [0.5, 0.6) is 0 Å². The number of hydrogen-bond acceptors (Lipinski definition) is 12. The first kappa shape index (κ1) is 30.6. The third kappa shape index (κ3) is 6.89. The molecule has 43 heavy (non-hydrogen) atoms. The summed E-state index contributed by atoms with van der Waals surface area (Å²) in [5.41, 5.74) is 3.25. The number of aromatic nitrogens is 3. The summed E-state index contributed by atoms with van der Waals surface area (Å²) in [6, 6.07) is 7.58. The number of thiazole rings is 1. The minimum absolute atomic E-state index is 0.0716. The highest BCUT2D eigenvalue weighted by Crippen LogP contribution is 2.36. The van der Waals surface area contributed by atoms with Gasteiger partial charge in [0.05, 0.1) is 25.0 Å². The molecule has 0 spiro atoms. The second-order valence-corrected chi connectivity index (χ2v) is 11.7. The van der Waals surface area contributed by atoms with Crippen LogP contribution >= 0.6 is 11.3 Å². The highest BCUT2D eigenvalue weighted by Gasteiger charge is 2.30. The molecule has 13 heteroatoms. The van der Waals surface area contributed by atoms with Gasteiger partial charge in [0.2, 0.25) is 5.95 Å². The van der Waals surface area contributed by atoms with Crippen molar-refractivity contribution in [3.05, 3.63) is 51.5 Å². The lowest BCUT2D eigenvalue weighted by Gasteiger charge is -2.33. The number of hydrogen-bond donors (Lipinski definition) is 3. The number of aliphatic hydroxyl groups is 2. The zero-order valence-corrected chi connectivity index (χ0v) is 25.7. The molecular weight excluding hydrogens is 570 g/mol. The molecule has 2 aliphatic heterocycles. The SMILES string of the molecule is CCOC(=O)c1sc(Nc2nc3c(c(N4CCC(O)C4)n2)CCCN3Cc2ccc(C(=O)N(CC)CCO)cc2)nc1C. The number of amides is 1. The van der Waals surface area contributed by atoms with Crippen molar-refractivity contribution in [3.8, 4) is 0 Å². The lowest BCUT2D eigenvalue weighted by molar-refractivity contribution is 0.0530. The molecule has 3 aromatic rings. The van der Waals surface area contributed by atoms with Gasteiger partial charge in [-0.25, -0.2) is 9.78 Å². The van der Waals surface area contributed by atoms with Crippen molar-refractivity contribution in [1.82, 2.24) is 19.9 Å². The van der Waals surface area contributed by atoms with Crippen molar-refractivity contribution < 1.29 is 24.5 Å². The number of aliphatic hydroxyl groups excluding tert-OH is 2. The summed E-state index contributed by atoms with van der Waals surface area (Å²) in [6.07, 6.45) is 2.03. The van der Waals surface area contributed by atoms with Gasteiger partial charge < -0.3 is 29.6 Å². The van der Waals surface area contributed by atoms with Gasteiger partial charge in [0.1, 0.15) is 16.5 Å². The summed E-state index contributed by atoms with van der Waals surface area (Å²) in [7, 11) is 0. The maximum absolute atomic E-state index is 12.8. The number of esters is 1. The summed E-state index contributed by atoms with van der Waals surface area (Å²) in [4.78, 5) is 45.9. The second-order valence-electron chi connectivity index (χ2n) is 10.7. The van der Waals surface area contributed by atoms with Crippen LogP contribution in [0.15, 0.2) is 24.3 Å². The first-order chi connectivity index (χ1) is 20.8. The van der Waals surface area contributed by atoms with Gasteiger partial charge in [-0.3, -0.25) is 10.1 Å². The Morgan fingerprint density at radius 3 is 2.58 bits per heavy atom. The Hall–Kier alpha value is -3.81. The highest BCUT2D eigenvalue weighted by molar-refractivity contribution is 7.17. The molecule has 2 aliphatic rings. The molecule has 1 amide bonds. The summed E-state index contributed by atoms with van der Waals surface area (Å²) in [6.45, 7) is 9.09. The molecular formula is C30H39N7O5S. The third-order valence-electron chi connectivity index (χ3n) is 7.67. The van der Waals surface area contributed by atoms with E-state index in [-0.39, 0.29) is 19.1 Å². The number of rotatable bonds is 11. The molecule has 0 bridgehead atoms. The highest BCUT2D eigenvalue weighted by atomic mass is 32.1. The van der Waals surface area contributed by atoms with Gasteiger partial charge in [0.15, 0.2) is 5.13 Å². The zero-order valence-electron chi connectivity index (χ0n) is 24.9. The number of nitrogens with one attached hydrogen (secondary N) is 1. The molecule has 12 nitrogen and oxygen atoms in total. The molecule has 1 unspecified atom stereocenters. The summed E-state index contributed by atoms with van der Waals surface area (Å²) in [5.74, 6) is 1.49. The standard InChI is InChI=1S/C30H39N7O5S/c1-4-35(15-16-38)27(40)21-10-8-20(9-11-21)17-36-13-6-7-23-25(36)32-29(33-26(23)37-14-12-22(39)18-37)34-30-31-19(3)24(43-30)28(41)42-5-2/h8-11,22,38-39H,4-7,12-18H2,1-3H3,(H,31,32,33,34). The molecule has 1 atom stereocenters. The average molecular weight is 610 g/mol. The van der Waals surface area contributed by atoms with E-state index >= 15 is 0 Å². The number of likely N-dealkylation sites (N-methyl/N-ethyl adjacent to an activating group) is 1. The maximum atomic E-state index is 12.8. The summed E-state index contributed by atoms with van der Waals surface area (Å²) >= 11 is 1.20. The fourth-order valence-electron chi connectivity index (χ4n) is 5.52. The monoisotopic (exact) mass is 609 g/mol. The Bertz CT molecular complexity index is 1450. The van der Waals surface area contributed by atoms with Crippen LogP contribution in [0.25, 0.3) is 0 Å². The fraction of sp³-hybridized carbons (Fsp3) is 0.500. The maximum Gasteiger partial charge on any atom is 0.350 e. The van der Waals surface area contributed by atoms with Crippen LogP contribution in [0.4, 0.5) is 22.7 Å². The Morgan fingerprint density at radius 2 is 1.91 bits per heavy atom. The first-order valence-electron chi connectivity index (χ1n) is 14.8. The molecule has 1 fully saturated rings. The molecule has 1 saturated heterocycles. The number of ether oxygens (including phenoxy) is 1. The van der Waals surface area contributed by atoms with Crippen LogP contribution in [-0.4, -0.2) is 94.0 Å². The summed E-state index contributed by atoms with van der Waals surface area (Å²) < 4.78 is 5.17. The lowest BCUT2D eigenvalue weighted by atomic mass is 10.0. The number of β-amino-alcohol motifs (C(OH)–C–C–N with tert-alkyl or cyclic N) is 1. The van der Waals surface area contributed by atoms with Gasteiger partial charge in [-0.15, -0.1) is 0 Å². The van der Waals surface area contributed by atoms with E-state index in [1.54, 1.807) is 18.7 Å². The van der Waals surface area contributed by atoms with E-state index in [0.717, 1.165) is 42.1 Å². The van der Waals surface area contributed by atoms with E-state index in [1.165, 1.54) is 11.3 Å². The average Bonchev–Trinajstić information content (AvgIpc) is 3.60. The minimum Gasteiger partial charge on any atom is -0.462 e. The Kier molecular flexibility index (Phi) is 9.73. The Labute approximate surface area is 255 Å². The Balaban J connectivity index is 1.43. The van der Waals surface area contributed by atoms with E-state index in [0.29, 0.717) is 66.4 Å². The van der Waals surface area contributed by atoms with E-state index in [2.05, 4.69) is 20.1 Å². The van der Waals surface area contributed by atoms with Gasteiger partial charge in [0.25, 0.3) is 5.91 Å². The van der Waals surface area contributed by atoms with E-state index < -0.39 is 12.1 Å². The number of aryl methyl sites for hydroxylation is 1. The second kappa shape index (κ2) is 13.7. The Morgan fingerprint density at radius 1 is 1.14 bits per heavy atom. The normalized spacial score (nSPS) is 16.3. The van der Waals surface area contributed by atoms with Crippen molar-refractivity contribution in [3.63, 3.8) is 0 Å². The number of carbonyl (C=O) groups excluding carboxylic acids is 2. The van der Waals surface area contributed by atoms with Gasteiger partial charge in [-0.2, -0.15) is 9.97 Å². The van der Waals surface area contributed by atoms with Crippen LogP contribution in [0.3, 0.4) is 0 Å². The predicted molar refractivity (Wildman–Crippen MR) is 165 cm³/mol. The molecule has 1 aromatic carbocycles. The largest absolute Gasteiger partial charge is 0.462 e. The number of fused-ring (bicyclic) bond motifs is 1. The molecule has 0 saturated carbocycles. The van der Waals surface area contributed by atoms with E-state index in [1.807, 2.05) is 31.2 Å². The smallest absolute Gasteiger partial charge is 0.350 e. The van der Waals surface area contributed by atoms with Crippen molar-refractivity contribution in [2.75, 3.05) is 61.1 Å². The van der Waals surface area contributed by atoms with Crippen LogP contribution in [-0.2, 0) is 17.7 Å². The van der Waals surface area contributed by atoms with Gasteiger partial charge in [0, 0.05) is 50.4 Å². The van der Waals surface area contributed by atoms with Crippen LogP contribution in [0, 0.1) is 6.92 Å². The summed E-state index contributed by atoms with van der Waals surface area (Å²) in [5, 5.41) is 23.3. The first-order valence-corrected chi connectivity index (χ1v) is 15.6. The zero-order chi connectivity index (χ0) is 30.5. The fourth-order valence-corrected chi connectivity index (χ4v) is 6.37. The number of nitrogens with zero attached hydrogens (tertiary/aromatic N) is 6. The quantitative estimate of drug-likeness (QED) is 0.276. The number of carbonyl (C=O) groups is 2. The van der Waals surface area contributed by atoms with Gasteiger partial charge in [-0.1, -0.05) is 23.5 Å². The van der Waals surface area contributed by atoms with Crippen LogP contribution < -0.4 is 15.1 Å². The van der Waals surface area contributed by atoms with E-state index in [4.69, 9.17) is 14.7 Å². The molecule has 0 radical (unpaired) electrons. The molecule has 5 rings (SSSR count). The predicted octanol–water partition coefficient (Wildman–Crippen LogP) is 3.14. The molecule has 3 N–H and O–H groups in total. The van der Waals surface area contributed by atoms with Crippen molar-refractivity contribution in [1.29, 1.82) is 0 Å². The van der Waals surface area contributed by atoms with E-state index in [9.17, 15) is 19.8 Å². The molecule has 230 valence electrons.